The molecule has 5 rings (SSSR count). The molecule has 0 unspecified atom stereocenters. The maximum Gasteiger partial charge on any atom is 0.133 e. The molecule has 7 atom stereocenters. The van der Waals surface area contributed by atoms with Crippen LogP contribution in [0.2, 0.25) is 0 Å². The fourth-order valence-electron chi connectivity index (χ4n) is 5.18. The second-order valence-corrected chi connectivity index (χ2v) is 5.41. The van der Waals surface area contributed by atoms with Crippen molar-refractivity contribution in [3.05, 3.63) is 0 Å². The van der Waals surface area contributed by atoms with E-state index >= 15 is 0 Å². The predicted molar refractivity (Wildman–Crippen MR) is 44.3 cm³/mol. The van der Waals surface area contributed by atoms with Gasteiger partial charge in [-0.25, -0.2) is 0 Å². The van der Waals surface area contributed by atoms with Crippen molar-refractivity contribution in [2.24, 2.45) is 41.4 Å². The molecular formula is C11H14O. The standard InChI is InChI=1S/C11H14O/c1-4(12)5-2-6-7-3-8-10(6)11(8)9(5)7/h5-11H,2-3H2,1H3/t5-,6+,7+,8-,9-,10+,11+/m1/s1. The lowest BCUT2D eigenvalue weighted by atomic mass is 9.86. The maximum absolute atomic E-state index is 11.4. The monoisotopic (exact) mass is 162 g/mol. The summed E-state index contributed by atoms with van der Waals surface area (Å²) in [6.07, 6.45) is 2.76. The Kier molecular flexibility index (Phi) is 0.779. The Hall–Kier alpha value is -0.330. The zero-order chi connectivity index (χ0) is 8.03. The van der Waals surface area contributed by atoms with Crippen LogP contribution in [-0.4, -0.2) is 5.78 Å². The Morgan fingerprint density at radius 2 is 1.75 bits per heavy atom. The highest BCUT2D eigenvalue weighted by atomic mass is 16.1. The van der Waals surface area contributed by atoms with Crippen LogP contribution in [0.1, 0.15) is 19.8 Å². The van der Waals surface area contributed by atoms with Crippen LogP contribution < -0.4 is 0 Å². The molecular weight excluding hydrogens is 148 g/mol. The first-order valence-electron chi connectivity index (χ1n) is 5.29. The maximum atomic E-state index is 11.4. The summed E-state index contributed by atoms with van der Waals surface area (Å²) in [4.78, 5) is 11.4. The first-order chi connectivity index (χ1) is 5.79. The van der Waals surface area contributed by atoms with Gasteiger partial charge in [-0.1, -0.05) is 0 Å². The van der Waals surface area contributed by atoms with Crippen molar-refractivity contribution in [2.75, 3.05) is 0 Å². The molecule has 1 heteroatoms. The van der Waals surface area contributed by atoms with E-state index in [1.165, 1.54) is 12.8 Å². The van der Waals surface area contributed by atoms with Gasteiger partial charge in [-0.05, 0) is 55.3 Å². The summed E-state index contributed by atoms with van der Waals surface area (Å²) in [5.41, 5.74) is 0. The Bertz CT molecular complexity index is 283. The molecule has 6 bridgehead atoms. The minimum atomic E-state index is 0.485. The van der Waals surface area contributed by atoms with Crippen molar-refractivity contribution in [3.8, 4) is 0 Å². The van der Waals surface area contributed by atoms with Gasteiger partial charge in [0.05, 0.1) is 0 Å². The van der Waals surface area contributed by atoms with Crippen LogP contribution in [0.25, 0.3) is 0 Å². The molecule has 0 saturated heterocycles. The lowest BCUT2D eigenvalue weighted by Gasteiger charge is -2.17. The lowest BCUT2D eigenvalue weighted by molar-refractivity contribution is -0.122. The van der Waals surface area contributed by atoms with E-state index < -0.39 is 0 Å². The van der Waals surface area contributed by atoms with E-state index in [1.54, 1.807) is 6.92 Å². The van der Waals surface area contributed by atoms with Crippen molar-refractivity contribution in [3.63, 3.8) is 0 Å². The largest absolute Gasteiger partial charge is 0.300 e. The van der Waals surface area contributed by atoms with Gasteiger partial charge in [-0.3, -0.25) is 4.79 Å². The third-order valence-corrected chi connectivity index (χ3v) is 5.33. The number of rotatable bonds is 1. The molecule has 0 heterocycles. The quantitative estimate of drug-likeness (QED) is 0.574. The van der Waals surface area contributed by atoms with E-state index in [0.29, 0.717) is 11.7 Å². The predicted octanol–water partition coefficient (Wildman–Crippen LogP) is 1.72. The smallest absolute Gasteiger partial charge is 0.133 e. The summed E-state index contributed by atoms with van der Waals surface area (Å²) in [5, 5.41) is 0. The molecule has 5 saturated carbocycles. The third kappa shape index (κ3) is 0.419. The number of hydrogen-bond acceptors (Lipinski definition) is 1. The number of Topliss-reactive ketones (excluding diaryl/α,β-unsaturated/α-hetero) is 1. The molecule has 0 aliphatic heterocycles. The third-order valence-electron chi connectivity index (χ3n) is 5.33. The van der Waals surface area contributed by atoms with Crippen molar-refractivity contribution in [1.82, 2.24) is 0 Å². The summed E-state index contributed by atoms with van der Waals surface area (Å²) in [6, 6.07) is 0. The summed E-state index contributed by atoms with van der Waals surface area (Å²) in [6.45, 7) is 1.81. The first-order valence-corrected chi connectivity index (χ1v) is 5.29. The van der Waals surface area contributed by atoms with Gasteiger partial charge in [0, 0.05) is 5.92 Å². The minimum absolute atomic E-state index is 0.485. The molecule has 1 nitrogen and oxygen atoms in total. The molecule has 0 N–H and O–H groups in total. The van der Waals surface area contributed by atoms with Crippen LogP contribution in [0.15, 0.2) is 0 Å². The van der Waals surface area contributed by atoms with Crippen molar-refractivity contribution in [2.45, 2.75) is 19.8 Å². The molecule has 0 radical (unpaired) electrons. The van der Waals surface area contributed by atoms with Gasteiger partial charge in [0.15, 0.2) is 0 Å². The molecule has 5 aliphatic carbocycles. The van der Waals surface area contributed by atoms with Gasteiger partial charge in [0.1, 0.15) is 5.78 Å². The first kappa shape index (κ1) is 6.17. The van der Waals surface area contributed by atoms with E-state index in [4.69, 9.17) is 0 Å². The van der Waals surface area contributed by atoms with Crippen LogP contribution in [-0.2, 0) is 4.79 Å². The number of carbonyl (C=O) groups excluding carboxylic acids is 1. The summed E-state index contributed by atoms with van der Waals surface area (Å²) in [5.74, 6) is 7.07. The number of ketones is 1. The van der Waals surface area contributed by atoms with Gasteiger partial charge in [-0.2, -0.15) is 0 Å². The van der Waals surface area contributed by atoms with Gasteiger partial charge in [-0.15, -0.1) is 0 Å². The van der Waals surface area contributed by atoms with Crippen LogP contribution in [0.3, 0.4) is 0 Å². The van der Waals surface area contributed by atoms with Crippen molar-refractivity contribution in [1.29, 1.82) is 0 Å². The van der Waals surface area contributed by atoms with E-state index in [0.717, 1.165) is 35.5 Å². The van der Waals surface area contributed by atoms with Crippen LogP contribution in [0, 0.1) is 41.4 Å². The summed E-state index contributed by atoms with van der Waals surface area (Å²) >= 11 is 0. The molecule has 0 amide bonds. The highest BCUT2D eigenvalue weighted by molar-refractivity contribution is 5.79. The number of carbonyl (C=O) groups is 1. The van der Waals surface area contributed by atoms with Crippen molar-refractivity contribution >= 4 is 5.78 Å². The second kappa shape index (κ2) is 1.51. The van der Waals surface area contributed by atoms with E-state index in [9.17, 15) is 4.79 Å². The molecule has 0 aromatic rings. The van der Waals surface area contributed by atoms with Crippen molar-refractivity contribution < 1.29 is 4.79 Å². The lowest BCUT2D eigenvalue weighted by Crippen LogP contribution is -2.20. The van der Waals surface area contributed by atoms with Crippen LogP contribution in [0.5, 0.6) is 0 Å². The molecule has 12 heavy (non-hydrogen) atoms. The topological polar surface area (TPSA) is 17.1 Å². The normalized spacial score (nSPS) is 68.9. The Morgan fingerprint density at radius 3 is 2.25 bits per heavy atom. The highest BCUT2D eigenvalue weighted by Gasteiger charge is 2.77. The summed E-state index contributed by atoms with van der Waals surface area (Å²) in [7, 11) is 0. The van der Waals surface area contributed by atoms with E-state index in [2.05, 4.69) is 0 Å². The zero-order valence-corrected chi connectivity index (χ0v) is 7.36. The zero-order valence-electron chi connectivity index (χ0n) is 7.36. The molecule has 64 valence electrons. The van der Waals surface area contributed by atoms with Crippen LogP contribution in [0.4, 0.5) is 0 Å². The SMILES string of the molecule is CC(=O)[C@H]1C[C@H]2[C@@H]3C[C@@H]4[C@H]2[C@@H]4[C@@H]31. The molecule has 0 aromatic heterocycles. The fourth-order valence-corrected chi connectivity index (χ4v) is 5.18. The Balaban J connectivity index is 1.79. The Labute approximate surface area is 72.5 Å². The van der Waals surface area contributed by atoms with Gasteiger partial charge >= 0.3 is 0 Å². The average Bonchev–Trinajstić information content (AvgIpc) is 2.45. The fraction of sp³-hybridized carbons (Fsp3) is 0.909. The average molecular weight is 162 g/mol. The number of hydrogen-bond donors (Lipinski definition) is 0. The molecule has 0 aromatic carbocycles. The van der Waals surface area contributed by atoms with Gasteiger partial charge < -0.3 is 0 Å². The van der Waals surface area contributed by atoms with Crippen LogP contribution >= 0.6 is 0 Å². The molecule has 0 spiro atoms. The Morgan fingerprint density at radius 1 is 1.00 bits per heavy atom. The second-order valence-electron chi connectivity index (χ2n) is 5.41. The molecule has 5 aliphatic rings. The van der Waals surface area contributed by atoms with E-state index in [1.807, 2.05) is 0 Å². The van der Waals surface area contributed by atoms with E-state index in [-0.39, 0.29) is 0 Å². The van der Waals surface area contributed by atoms with Gasteiger partial charge in [0.25, 0.3) is 0 Å². The van der Waals surface area contributed by atoms with Gasteiger partial charge in [0.2, 0.25) is 0 Å². The minimum Gasteiger partial charge on any atom is -0.300 e. The highest BCUT2D eigenvalue weighted by Crippen LogP contribution is 2.82. The molecule has 5 fully saturated rings. The summed E-state index contributed by atoms with van der Waals surface area (Å²) < 4.78 is 0.